The van der Waals surface area contributed by atoms with Gasteiger partial charge >= 0.3 is 0 Å². The van der Waals surface area contributed by atoms with Gasteiger partial charge in [0.05, 0.1) is 11.4 Å². The Morgan fingerprint density at radius 2 is 1.89 bits per heavy atom. The van der Waals surface area contributed by atoms with Gasteiger partial charge in [0.2, 0.25) is 0 Å². The molecule has 3 rings (SSSR count). The summed E-state index contributed by atoms with van der Waals surface area (Å²) in [6.07, 6.45) is 0. The van der Waals surface area contributed by atoms with E-state index >= 15 is 0 Å². The van der Waals surface area contributed by atoms with Crippen LogP contribution in [0, 0.1) is 6.92 Å². The molecule has 0 atom stereocenters. The SMILES string of the molecule is Cc1ccc(-c2csc3nc(C(C)C)c(N)n23)cc1. The summed E-state index contributed by atoms with van der Waals surface area (Å²) >= 11 is 1.64. The van der Waals surface area contributed by atoms with Crippen molar-refractivity contribution in [1.82, 2.24) is 9.38 Å². The van der Waals surface area contributed by atoms with E-state index < -0.39 is 0 Å². The minimum absolute atomic E-state index is 0.345. The van der Waals surface area contributed by atoms with Crippen LogP contribution in [0.25, 0.3) is 16.2 Å². The topological polar surface area (TPSA) is 43.3 Å². The van der Waals surface area contributed by atoms with Crippen LogP contribution in [0.15, 0.2) is 29.6 Å². The number of nitrogens with two attached hydrogens (primary N) is 1. The largest absolute Gasteiger partial charge is 0.383 e. The minimum Gasteiger partial charge on any atom is -0.383 e. The van der Waals surface area contributed by atoms with Crippen LogP contribution in [-0.4, -0.2) is 9.38 Å². The maximum atomic E-state index is 6.26. The standard InChI is InChI=1S/C15H17N3S/c1-9(2)13-14(16)18-12(8-19-15(18)17-13)11-6-4-10(3)5-7-11/h4-9H,16H2,1-3H3. The van der Waals surface area contributed by atoms with Crippen LogP contribution in [0.3, 0.4) is 0 Å². The van der Waals surface area contributed by atoms with Gasteiger partial charge in [0.1, 0.15) is 5.82 Å². The minimum atomic E-state index is 0.345. The molecule has 3 nitrogen and oxygen atoms in total. The number of nitrogen functional groups attached to an aromatic ring is 1. The lowest BCUT2D eigenvalue weighted by Gasteiger charge is -2.04. The molecule has 0 aliphatic carbocycles. The summed E-state index contributed by atoms with van der Waals surface area (Å²) < 4.78 is 2.06. The fraction of sp³-hybridized carbons (Fsp3) is 0.267. The third-order valence-corrected chi connectivity index (χ3v) is 4.15. The number of aromatic nitrogens is 2. The average molecular weight is 271 g/mol. The van der Waals surface area contributed by atoms with Crippen molar-refractivity contribution in [3.05, 3.63) is 40.9 Å². The second kappa shape index (κ2) is 4.38. The monoisotopic (exact) mass is 271 g/mol. The highest BCUT2D eigenvalue weighted by Crippen LogP contribution is 2.32. The number of imidazole rings is 1. The second-order valence-corrected chi connectivity index (χ2v) is 5.98. The Morgan fingerprint density at radius 3 is 2.53 bits per heavy atom. The van der Waals surface area contributed by atoms with Gasteiger partial charge in [-0.3, -0.25) is 4.40 Å². The Kier molecular flexibility index (Phi) is 2.82. The first-order valence-corrected chi connectivity index (χ1v) is 7.28. The molecule has 3 aromatic rings. The molecule has 19 heavy (non-hydrogen) atoms. The first-order chi connectivity index (χ1) is 9.08. The number of thiazole rings is 1. The van der Waals surface area contributed by atoms with Crippen molar-refractivity contribution in [3.8, 4) is 11.3 Å². The number of hydrogen-bond acceptors (Lipinski definition) is 3. The van der Waals surface area contributed by atoms with E-state index in [-0.39, 0.29) is 0 Å². The van der Waals surface area contributed by atoms with Crippen molar-refractivity contribution in [2.24, 2.45) is 0 Å². The first-order valence-electron chi connectivity index (χ1n) is 6.40. The number of nitrogens with zero attached hydrogens (tertiary/aromatic N) is 2. The molecule has 0 saturated carbocycles. The van der Waals surface area contributed by atoms with Crippen LogP contribution in [0.4, 0.5) is 5.82 Å². The van der Waals surface area contributed by atoms with E-state index in [1.54, 1.807) is 11.3 Å². The molecule has 0 unspecified atom stereocenters. The van der Waals surface area contributed by atoms with Gasteiger partial charge in [-0.1, -0.05) is 43.7 Å². The Bertz CT molecular complexity index is 720. The van der Waals surface area contributed by atoms with Crippen LogP contribution >= 0.6 is 11.3 Å². The smallest absolute Gasteiger partial charge is 0.196 e. The molecule has 2 N–H and O–H groups in total. The number of aryl methyl sites for hydroxylation is 1. The molecule has 2 heterocycles. The lowest BCUT2D eigenvalue weighted by atomic mass is 10.1. The number of benzene rings is 1. The third kappa shape index (κ3) is 1.92. The number of anilines is 1. The maximum Gasteiger partial charge on any atom is 0.196 e. The molecule has 0 aliphatic heterocycles. The predicted molar refractivity (Wildman–Crippen MR) is 81.7 cm³/mol. The van der Waals surface area contributed by atoms with Crippen molar-refractivity contribution < 1.29 is 0 Å². The summed E-state index contributed by atoms with van der Waals surface area (Å²) in [4.78, 5) is 5.60. The van der Waals surface area contributed by atoms with E-state index in [9.17, 15) is 0 Å². The van der Waals surface area contributed by atoms with Crippen molar-refractivity contribution in [2.75, 3.05) is 5.73 Å². The zero-order valence-corrected chi connectivity index (χ0v) is 12.2. The summed E-state index contributed by atoms with van der Waals surface area (Å²) in [5.74, 6) is 1.11. The van der Waals surface area contributed by atoms with Gasteiger partial charge in [-0.2, -0.15) is 0 Å². The molecular weight excluding hydrogens is 254 g/mol. The molecule has 4 heteroatoms. The molecule has 0 bridgehead atoms. The van der Waals surface area contributed by atoms with E-state index in [2.05, 4.69) is 59.8 Å². The average Bonchev–Trinajstić information content (AvgIpc) is 2.91. The summed E-state index contributed by atoms with van der Waals surface area (Å²) in [6, 6.07) is 8.50. The third-order valence-electron chi connectivity index (χ3n) is 3.32. The highest BCUT2D eigenvalue weighted by atomic mass is 32.1. The summed E-state index contributed by atoms with van der Waals surface area (Å²) in [5.41, 5.74) is 10.8. The molecule has 1 aromatic carbocycles. The van der Waals surface area contributed by atoms with Gasteiger partial charge in [-0.25, -0.2) is 4.98 Å². The highest BCUT2D eigenvalue weighted by molar-refractivity contribution is 7.15. The molecule has 0 amide bonds. The Balaban J connectivity index is 2.22. The zero-order valence-electron chi connectivity index (χ0n) is 11.3. The fourth-order valence-electron chi connectivity index (χ4n) is 2.25. The van der Waals surface area contributed by atoms with E-state index in [0.29, 0.717) is 5.92 Å². The van der Waals surface area contributed by atoms with Crippen LogP contribution < -0.4 is 5.73 Å². The van der Waals surface area contributed by atoms with Crippen molar-refractivity contribution >= 4 is 22.1 Å². The number of fused-ring (bicyclic) bond motifs is 1. The number of hydrogen-bond donors (Lipinski definition) is 1. The molecule has 2 aromatic heterocycles. The van der Waals surface area contributed by atoms with Crippen molar-refractivity contribution in [1.29, 1.82) is 0 Å². The zero-order chi connectivity index (χ0) is 13.6. The summed E-state index contributed by atoms with van der Waals surface area (Å²) in [6.45, 7) is 6.33. The van der Waals surface area contributed by atoms with Gasteiger partial charge in [0.25, 0.3) is 0 Å². The van der Waals surface area contributed by atoms with E-state index in [1.807, 2.05) is 0 Å². The van der Waals surface area contributed by atoms with Crippen LogP contribution in [0.1, 0.15) is 31.0 Å². The molecule has 0 aliphatic rings. The lowest BCUT2D eigenvalue weighted by molar-refractivity contribution is 0.838. The van der Waals surface area contributed by atoms with Gasteiger partial charge < -0.3 is 5.73 Å². The van der Waals surface area contributed by atoms with Crippen molar-refractivity contribution in [2.45, 2.75) is 26.7 Å². The van der Waals surface area contributed by atoms with Crippen molar-refractivity contribution in [3.63, 3.8) is 0 Å². The molecule has 0 spiro atoms. The van der Waals surface area contributed by atoms with Crippen LogP contribution in [-0.2, 0) is 0 Å². The quantitative estimate of drug-likeness (QED) is 0.763. The van der Waals surface area contributed by atoms with Gasteiger partial charge in [-0.15, -0.1) is 11.3 Å². The van der Waals surface area contributed by atoms with Gasteiger partial charge in [-0.05, 0) is 18.4 Å². The van der Waals surface area contributed by atoms with Gasteiger partial charge in [0, 0.05) is 5.38 Å². The summed E-state index contributed by atoms with van der Waals surface area (Å²) in [7, 11) is 0. The highest BCUT2D eigenvalue weighted by Gasteiger charge is 2.17. The molecule has 0 saturated heterocycles. The molecule has 0 radical (unpaired) electrons. The van der Waals surface area contributed by atoms with E-state index in [4.69, 9.17) is 5.73 Å². The molecule has 0 fully saturated rings. The summed E-state index contributed by atoms with van der Waals surface area (Å²) in [5, 5.41) is 2.12. The Labute approximate surface area is 116 Å². The fourth-order valence-corrected chi connectivity index (χ4v) is 3.16. The molecular formula is C15H17N3S. The lowest BCUT2D eigenvalue weighted by Crippen LogP contribution is -1.98. The number of rotatable bonds is 2. The Morgan fingerprint density at radius 1 is 1.21 bits per heavy atom. The second-order valence-electron chi connectivity index (χ2n) is 5.14. The molecule has 98 valence electrons. The normalized spacial score (nSPS) is 11.6. The van der Waals surface area contributed by atoms with Crippen LogP contribution in [0.2, 0.25) is 0 Å². The van der Waals surface area contributed by atoms with E-state index in [1.165, 1.54) is 11.1 Å². The first kappa shape index (κ1) is 12.2. The maximum absolute atomic E-state index is 6.26. The van der Waals surface area contributed by atoms with Gasteiger partial charge in [0.15, 0.2) is 4.96 Å². The van der Waals surface area contributed by atoms with Crippen LogP contribution in [0.5, 0.6) is 0 Å². The van der Waals surface area contributed by atoms with E-state index in [0.717, 1.165) is 22.2 Å². The Hall–Kier alpha value is -1.81. The predicted octanol–water partition coefficient (Wildman–Crippen LogP) is 4.08.